The molecule has 0 fully saturated rings. The van der Waals surface area contributed by atoms with Gasteiger partial charge in [0.25, 0.3) is 0 Å². The molecule has 74 valence electrons. The zero-order chi connectivity index (χ0) is 9.40. The van der Waals surface area contributed by atoms with Gasteiger partial charge < -0.3 is 4.90 Å². The van der Waals surface area contributed by atoms with Crippen molar-refractivity contribution in [2.45, 2.75) is 33.6 Å². The molecule has 0 aliphatic carbocycles. The molecule has 0 aromatic carbocycles. The van der Waals surface area contributed by atoms with E-state index in [-0.39, 0.29) is 0 Å². The smallest absolute Gasteiger partial charge is 0.00338 e. The summed E-state index contributed by atoms with van der Waals surface area (Å²) in [6.07, 6.45) is 2.65. The topological polar surface area (TPSA) is 3.24 Å². The molecule has 0 spiro atoms. The Labute approximate surface area is 85.7 Å². The first-order valence-corrected chi connectivity index (χ1v) is 6.15. The van der Waals surface area contributed by atoms with Gasteiger partial charge in [-0.2, -0.15) is 0 Å². The van der Waals surface area contributed by atoms with Crippen LogP contribution < -0.4 is 0 Å². The highest BCUT2D eigenvalue weighted by Gasteiger charge is 2.03. The standard InChI is InChI=1S/C10H22BrN/c1-4-12(5-2)9-7-10(3)6-8-11/h10H,4-9H2,1-3H3. The summed E-state index contributed by atoms with van der Waals surface area (Å²) in [6, 6.07) is 0. The van der Waals surface area contributed by atoms with Crippen LogP contribution in [0.15, 0.2) is 0 Å². The Morgan fingerprint density at radius 1 is 1.17 bits per heavy atom. The first kappa shape index (κ1) is 12.4. The van der Waals surface area contributed by atoms with E-state index in [1.54, 1.807) is 0 Å². The van der Waals surface area contributed by atoms with E-state index in [1.807, 2.05) is 0 Å². The van der Waals surface area contributed by atoms with E-state index in [0.29, 0.717) is 0 Å². The molecular formula is C10H22BrN. The van der Waals surface area contributed by atoms with E-state index in [9.17, 15) is 0 Å². The Kier molecular flexibility index (Phi) is 8.35. The van der Waals surface area contributed by atoms with E-state index in [4.69, 9.17) is 0 Å². The molecule has 0 amide bonds. The lowest BCUT2D eigenvalue weighted by Gasteiger charge is -2.19. The zero-order valence-electron chi connectivity index (χ0n) is 8.65. The van der Waals surface area contributed by atoms with Gasteiger partial charge in [0, 0.05) is 5.33 Å². The van der Waals surface area contributed by atoms with Crippen LogP contribution in [0.5, 0.6) is 0 Å². The number of nitrogens with zero attached hydrogens (tertiary/aromatic N) is 1. The van der Waals surface area contributed by atoms with Crippen molar-refractivity contribution in [3.05, 3.63) is 0 Å². The number of alkyl halides is 1. The highest BCUT2D eigenvalue weighted by atomic mass is 79.9. The fourth-order valence-corrected chi connectivity index (χ4v) is 2.05. The van der Waals surface area contributed by atoms with Crippen molar-refractivity contribution in [3.8, 4) is 0 Å². The normalized spacial score (nSPS) is 13.8. The van der Waals surface area contributed by atoms with E-state index in [2.05, 4.69) is 41.6 Å². The molecule has 1 nitrogen and oxygen atoms in total. The molecule has 0 saturated carbocycles. The van der Waals surface area contributed by atoms with Gasteiger partial charge in [0.1, 0.15) is 0 Å². The number of rotatable bonds is 7. The minimum atomic E-state index is 0.866. The molecule has 0 heterocycles. The zero-order valence-corrected chi connectivity index (χ0v) is 10.2. The average molecular weight is 236 g/mol. The van der Waals surface area contributed by atoms with Crippen LogP contribution in [0.1, 0.15) is 33.6 Å². The third kappa shape index (κ3) is 6.01. The minimum absolute atomic E-state index is 0.866. The summed E-state index contributed by atoms with van der Waals surface area (Å²) in [4.78, 5) is 2.49. The molecule has 0 N–H and O–H groups in total. The Bertz CT molecular complexity index is 91.8. The molecule has 12 heavy (non-hydrogen) atoms. The van der Waals surface area contributed by atoms with Gasteiger partial charge in [-0.05, 0) is 38.4 Å². The molecule has 2 heteroatoms. The number of hydrogen-bond acceptors (Lipinski definition) is 1. The van der Waals surface area contributed by atoms with Crippen molar-refractivity contribution in [1.82, 2.24) is 4.90 Å². The van der Waals surface area contributed by atoms with Crippen molar-refractivity contribution >= 4 is 15.9 Å². The van der Waals surface area contributed by atoms with Crippen LogP contribution >= 0.6 is 15.9 Å². The van der Waals surface area contributed by atoms with Crippen LogP contribution in [0.2, 0.25) is 0 Å². The van der Waals surface area contributed by atoms with Crippen molar-refractivity contribution in [2.75, 3.05) is 25.0 Å². The molecule has 1 atom stereocenters. The van der Waals surface area contributed by atoms with Gasteiger partial charge in [-0.25, -0.2) is 0 Å². The lowest BCUT2D eigenvalue weighted by atomic mass is 10.1. The first-order chi connectivity index (χ1) is 5.74. The fourth-order valence-electron chi connectivity index (χ4n) is 1.27. The van der Waals surface area contributed by atoms with Crippen molar-refractivity contribution in [1.29, 1.82) is 0 Å². The SMILES string of the molecule is CCN(CC)CCC(C)CCBr. The van der Waals surface area contributed by atoms with Gasteiger partial charge in [0.15, 0.2) is 0 Å². The van der Waals surface area contributed by atoms with Gasteiger partial charge >= 0.3 is 0 Å². The Hall–Kier alpha value is 0.440. The predicted octanol–water partition coefficient (Wildman–Crippen LogP) is 3.14. The van der Waals surface area contributed by atoms with Gasteiger partial charge in [-0.3, -0.25) is 0 Å². The van der Waals surface area contributed by atoms with Gasteiger partial charge in [0.2, 0.25) is 0 Å². The van der Waals surface area contributed by atoms with E-state index < -0.39 is 0 Å². The second-order valence-electron chi connectivity index (χ2n) is 3.40. The molecular weight excluding hydrogens is 214 g/mol. The maximum absolute atomic E-state index is 3.48. The molecule has 0 aliphatic heterocycles. The predicted molar refractivity (Wildman–Crippen MR) is 60.0 cm³/mol. The summed E-state index contributed by atoms with van der Waals surface area (Å²) in [5.41, 5.74) is 0. The maximum atomic E-state index is 3.48. The molecule has 0 radical (unpaired) electrons. The molecule has 0 bridgehead atoms. The first-order valence-electron chi connectivity index (χ1n) is 5.02. The van der Waals surface area contributed by atoms with E-state index in [0.717, 1.165) is 11.2 Å². The Morgan fingerprint density at radius 3 is 2.17 bits per heavy atom. The summed E-state index contributed by atoms with van der Waals surface area (Å²) in [6.45, 7) is 10.5. The number of halogens is 1. The van der Waals surface area contributed by atoms with Crippen LogP contribution in [0, 0.1) is 5.92 Å². The van der Waals surface area contributed by atoms with Crippen LogP contribution in [-0.2, 0) is 0 Å². The van der Waals surface area contributed by atoms with Crippen molar-refractivity contribution in [3.63, 3.8) is 0 Å². The lowest BCUT2D eigenvalue weighted by Crippen LogP contribution is -2.25. The second kappa shape index (κ2) is 8.06. The summed E-state index contributed by atoms with van der Waals surface area (Å²) in [5.74, 6) is 0.866. The second-order valence-corrected chi connectivity index (χ2v) is 4.19. The van der Waals surface area contributed by atoms with Gasteiger partial charge in [0.05, 0.1) is 0 Å². The van der Waals surface area contributed by atoms with E-state index in [1.165, 1.54) is 32.5 Å². The minimum Gasteiger partial charge on any atom is -0.304 e. The lowest BCUT2D eigenvalue weighted by molar-refractivity contribution is 0.278. The van der Waals surface area contributed by atoms with Crippen LogP contribution in [0.3, 0.4) is 0 Å². The van der Waals surface area contributed by atoms with Crippen LogP contribution in [0.4, 0.5) is 0 Å². The Balaban J connectivity index is 3.37. The molecule has 0 aliphatic rings. The molecule has 1 unspecified atom stereocenters. The maximum Gasteiger partial charge on any atom is 0.00338 e. The van der Waals surface area contributed by atoms with Crippen LogP contribution in [0.25, 0.3) is 0 Å². The van der Waals surface area contributed by atoms with Gasteiger partial charge in [-0.1, -0.05) is 36.7 Å². The molecule has 0 aromatic heterocycles. The quantitative estimate of drug-likeness (QED) is 0.614. The fraction of sp³-hybridized carbons (Fsp3) is 1.00. The highest BCUT2D eigenvalue weighted by molar-refractivity contribution is 9.09. The average Bonchev–Trinajstić information content (AvgIpc) is 2.07. The number of hydrogen-bond donors (Lipinski definition) is 0. The van der Waals surface area contributed by atoms with Crippen molar-refractivity contribution in [2.24, 2.45) is 5.92 Å². The summed E-state index contributed by atoms with van der Waals surface area (Å²) in [5, 5.41) is 1.15. The summed E-state index contributed by atoms with van der Waals surface area (Å²) in [7, 11) is 0. The monoisotopic (exact) mass is 235 g/mol. The molecule has 0 rings (SSSR count). The van der Waals surface area contributed by atoms with Crippen LogP contribution in [-0.4, -0.2) is 29.9 Å². The van der Waals surface area contributed by atoms with Crippen molar-refractivity contribution < 1.29 is 0 Å². The largest absolute Gasteiger partial charge is 0.304 e. The van der Waals surface area contributed by atoms with Gasteiger partial charge in [-0.15, -0.1) is 0 Å². The molecule has 0 saturated heterocycles. The summed E-state index contributed by atoms with van der Waals surface area (Å²) < 4.78 is 0. The highest BCUT2D eigenvalue weighted by Crippen LogP contribution is 2.09. The molecule has 0 aromatic rings. The Morgan fingerprint density at radius 2 is 1.75 bits per heavy atom. The van der Waals surface area contributed by atoms with E-state index >= 15 is 0 Å². The third-order valence-corrected chi connectivity index (χ3v) is 2.89. The summed E-state index contributed by atoms with van der Waals surface area (Å²) >= 11 is 3.48. The third-order valence-electron chi connectivity index (χ3n) is 2.43.